The van der Waals surface area contributed by atoms with E-state index < -0.39 is 11.9 Å². The largest absolute Gasteiger partial charge is 0.436 e. The Kier molecular flexibility index (Phi) is 6.64. The van der Waals surface area contributed by atoms with Crippen LogP contribution in [-0.2, 0) is 12.7 Å². The van der Waals surface area contributed by atoms with Crippen molar-refractivity contribution in [2.45, 2.75) is 37.9 Å². The Morgan fingerprint density at radius 2 is 1.82 bits per heavy atom. The molecule has 1 aromatic heterocycles. The third kappa shape index (κ3) is 5.43. The number of aryl methyl sites for hydroxylation is 1. The maximum Gasteiger partial charge on any atom is 0.436 e. The summed E-state index contributed by atoms with van der Waals surface area (Å²) in [7, 11) is 0. The third-order valence-electron chi connectivity index (χ3n) is 4.12. The minimum atomic E-state index is -4.56. The Morgan fingerprint density at radius 1 is 1.18 bits per heavy atom. The van der Waals surface area contributed by atoms with E-state index in [-0.39, 0.29) is 10.9 Å². The second-order valence-corrected chi connectivity index (χ2v) is 8.09. The van der Waals surface area contributed by atoms with E-state index in [0.29, 0.717) is 46.0 Å². The first-order chi connectivity index (χ1) is 13.1. The summed E-state index contributed by atoms with van der Waals surface area (Å²) < 4.78 is 40.6. The number of halogens is 6. The highest BCUT2D eigenvalue weighted by molar-refractivity contribution is 7.80. The lowest BCUT2D eigenvalue weighted by molar-refractivity contribution is -0.141. The fourth-order valence-corrected chi connectivity index (χ4v) is 3.93. The van der Waals surface area contributed by atoms with E-state index in [1.807, 2.05) is 0 Å². The summed E-state index contributed by atoms with van der Waals surface area (Å²) in [5, 5.41) is 10.7. The first kappa shape index (κ1) is 21.5. The molecular weight excluding hydrogens is 456 g/mol. The van der Waals surface area contributed by atoms with Gasteiger partial charge in [-0.05, 0) is 49.7 Å². The molecule has 28 heavy (non-hydrogen) atoms. The van der Waals surface area contributed by atoms with Crippen molar-refractivity contribution in [1.29, 1.82) is 0 Å². The number of anilines is 1. The first-order valence-electron chi connectivity index (χ1n) is 8.49. The van der Waals surface area contributed by atoms with E-state index in [9.17, 15) is 13.2 Å². The number of nitrogens with zero attached hydrogens (tertiary/aromatic N) is 2. The highest BCUT2D eigenvalue weighted by Crippen LogP contribution is 2.46. The van der Waals surface area contributed by atoms with Gasteiger partial charge < -0.3 is 10.6 Å². The molecule has 1 aliphatic carbocycles. The van der Waals surface area contributed by atoms with Crippen LogP contribution in [0.3, 0.4) is 0 Å². The lowest BCUT2D eigenvalue weighted by Crippen LogP contribution is -2.30. The molecule has 2 N–H and O–H groups in total. The number of aromatic nitrogens is 2. The predicted molar refractivity (Wildman–Crippen MR) is 110 cm³/mol. The number of benzene rings is 1. The minimum absolute atomic E-state index is 0.0550. The third-order valence-corrected chi connectivity index (χ3v) is 5.17. The molecule has 0 spiro atoms. The lowest BCUT2D eigenvalue weighted by Gasteiger charge is -2.12. The van der Waals surface area contributed by atoms with E-state index in [1.54, 1.807) is 18.2 Å². The molecule has 0 atom stereocenters. The summed E-state index contributed by atoms with van der Waals surface area (Å²) >= 11 is 23.0. The molecule has 0 saturated heterocycles. The summed E-state index contributed by atoms with van der Waals surface area (Å²) in [6, 6.07) is 4.95. The highest BCUT2D eigenvalue weighted by Gasteiger charge is 2.41. The molecule has 1 heterocycles. The molecule has 2 aromatic rings. The number of alkyl halides is 3. The van der Waals surface area contributed by atoms with Gasteiger partial charge in [-0.2, -0.15) is 18.3 Å². The molecule has 0 amide bonds. The van der Waals surface area contributed by atoms with Crippen LogP contribution in [0.15, 0.2) is 18.2 Å². The molecule has 1 fully saturated rings. The molecule has 0 unspecified atom stereocenters. The Balaban J connectivity index is 1.54. The summed E-state index contributed by atoms with van der Waals surface area (Å²) in [6.45, 7) is 0.753. The van der Waals surface area contributed by atoms with Gasteiger partial charge in [0.25, 0.3) is 0 Å². The molecular formula is C17H16Cl3F3N4S. The molecule has 1 saturated carbocycles. The van der Waals surface area contributed by atoms with Gasteiger partial charge in [-0.25, -0.2) is 0 Å². The second kappa shape index (κ2) is 8.65. The van der Waals surface area contributed by atoms with E-state index in [4.69, 9.17) is 47.0 Å². The topological polar surface area (TPSA) is 41.9 Å². The van der Waals surface area contributed by atoms with Crippen LogP contribution in [0.1, 0.15) is 36.6 Å². The Bertz CT molecular complexity index is 861. The van der Waals surface area contributed by atoms with Gasteiger partial charge in [0.05, 0.1) is 10.7 Å². The van der Waals surface area contributed by atoms with Gasteiger partial charge in [0.1, 0.15) is 0 Å². The first-order valence-corrected chi connectivity index (χ1v) is 10.0. The van der Waals surface area contributed by atoms with Crippen LogP contribution < -0.4 is 10.6 Å². The fourth-order valence-electron chi connectivity index (χ4n) is 2.78. The molecule has 152 valence electrons. The van der Waals surface area contributed by atoms with E-state index in [0.717, 1.165) is 12.8 Å². The zero-order valence-electron chi connectivity index (χ0n) is 14.4. The van der Waals surface area contributed by atoms with Crippen molar-refractivity contribution in [3.05, 3.63) is 44.7 Å². The molecule has 1 aromatic carbocycles. The Hall–Kier alpha value is -1.22. The quantitative estimate of drug-likeness (QED) is 0.394. The van der Waals surface area contributed by atoms with E-state index in [1.165, 1.54) is 4.68 Å². The standard InChI is InChI=1S/C17H16Cl3F3N4S/c18-10-6-11(19)8-12(7-10)25-16(28)24-4-1-5-27-14(9-2-3-9)13(20)15(26-27)17(21,22)23/h6-9H,1-5H2,(H2,24,25,28). The number of rotatable bonds is 6. The van der Waals surface area contributed by atoms with Crippen molar-refractivity contribution in [2.24, 2.45) is 0 Å². The Morgan fingerprint density at radius 3 is 2.39 bits per heavy atom. The summed E-state index contributed by atoms with van der Waals surface area (Å²) in [4.78, 5) is 0. The summed E-state index contributed by atoms with van der Waals surface area (Å²) in [6.07, 6.45) is -2.38. The maximum atomic E-state index is 13.1. The maximum absolute atomic E-state index is 13.1. The second-order valence-electron chi connectivity index (χ2n) is 6.44. The van der Waals surface area contributed by atoms with Crippen LogP contribution in [0.4, 0.5) is 18.9 Å². The summed E-state index contributed by atoms with van der Waals surface area (Å²) in [5.41, 5.74) is 0.0991. The summed E-state index contributed by atoms with van der Waals surface area (Å²) in [5.74, 6) is 0.0550. The number of hydrogen-bond donors (Lipinski definition) is 2. The minimum Gasteiger partial charge on any atom is -0.362 e. The molecule has 3 rings (SSSR count). The van der Waals surface area contributed by atoms with Crippen molar-refractivity contribution in [1.82, 2.24) is 15.1 Å². The predicted octanol–water partition coefficient (Wildman–Crippen LogP) is 6.12. The van der Waals surface area contributed by atoms with E-state index in [2.05, 4.69) is 15.7 Å². The lowest BCUT2D eigenvalue weighted by atomic mass is 10.2. The molecule has 1 aliphatic rings. The average Bonchev–Trinajstić information content (AvgIpc) is 3.33. The molecule has 0 aliphatic heterocycles. The average molecular weight is 472 g/mol. The van der Waals surface area contributed by atoms with Crippen LogP contribution in [0.2, 0.25) is 15.1 Å². The molecule has 0 bridgehead atoms. The van der Waals surface area contributed by atoms with Gasteiger partial charge in [-0.15, -0.1) is 0 Å². The van der Waals surface area contributed by atoms with Crippen LogP contribution in [-0.4, -0.2) is 21.4 Å². The molecule has 11 heteroatoms. The van der Waals surface area contributed by atoms with Gasteiger partial charge in [0.2, 0.25) is 0 Å². The van der Waals surface area contributed by atoms with Crippen molar-refractivity contribution in [3.63, 3.8) is 0 Å². The monoisotopic (exact) mass is 470 g/mol. The molecule has 0 radical (unpaired) electrons. The van der Waals surface area contributed by atoms with Crippen molar-refractivity contribution < 1.29 is 13.2 Å². The van der Waals surface area contributed by atoms with Crippen LogP contribution in [0.5, 0.6) is 0 Å². The van der Waals surface area contributed by atoms with Gasteiger partial charge in [-0.3, -0.25) is 4.68 Å². The number of thiocarbonyl (C=S) groups is 1. The van der Waals surface area contributed by atoms with Gasteiger partial charge in [0, 0.05) is 34.7 Å². The van der Waals surface area contributed by atoms with Gasteiger partial charge in [-0.1, -0.05) is 34.8 Å². The zero-order valence-corrected chi connectivity index (χ0v) is 17.5. The normalized spacial score (nSPS) is 14.2. The smallest absolute Gasteiger partial charge is 0.362 e. The highest BCUT2D eigenvalue weighted by atomic mass is 35.5. The molecule has 4 nitrogen and oxygen atoms in total. The number of hydrogen-bond acceptors (Lipinski definition) is 2. The van der Waals surface area contributed by atoms with Crippen molar-refractivity contribution in [3.8, 4) is 0 Å². The van der Waals surface area contributed by atoms with E-state index >= 15 is 0 Å². The van der Waals surface area contributed by atoms with Crippen LogP contribution in [0, 0.1) is 0 Å². The van der Waals surface area contributed by atoms with Crippen molar-refractivity contribution >= 4 is 57.8 Å². The fraction of sp³-hybridized carbons (Fsp3) is 0.412. The van der Waals surface area contributed by atoms with Crippen LogP contribution in [0.25, 0.3) is 0 Å². The van der Waals surface area contributed by atoms with Crippen molar-refractivity contribution in [2.75, 3.05) is 11.9 Å². The Labute approximate surface area is 180 Å². The van der Waals surface area contributed by atoms with Gasteiger partial charge in [0.15, 0.2) is 10.8 Å². The SMILES string of the molecule is FC(F)(F)c1nn(CCCNC(=S)Nc2cc(Cl)cc(Cl)c2)c(C2CC2)c1Cl. The van der Waals surface area contributed by atoms with Crippen LogP contribution >= 0.6 is 47.0 Å². The van der Waals surface area contributed by atoms with Gasteiger partial charge >= 0.3 is 6.18 Å². The zero-order chi connectivity index (χ0) is 20.5. The number of nitrogens with one attached hydrogen (secondary N) is 2.